The third-order valence-corrected chi connectivity index (χ3v) is 2.23. The van der Waals surface area contributed by atoms with Crippen molar-refractivity contribution in [1.29, 1.82) is 0 Å². The molecule has 2 rings (SSSR count). The van der Waals surface area contributed by atoms with E-state index >= 15 is 0 Å². The molecule has 0 unspecified atom stereocenters. The number of aromatic nitrogens is 2. The van der Waals surface area contributed by atoms with Crippen LogP contribution in [0, 0.1) is 0 Å². The zero-order chi connectivity index (χ0) is 12.8. The Morgan fingerprint density at radius 2 is 2.33 bits per heavy atom. The highest BCUT2D eigenvalue weighted by Crippen LogP contribution is 2.09. The maximum Gasteiger partial charge on any atom is 0.274 e. The van der Waals surface area contributed by atoms with E-state index in [4.69, 9.17) is 0 Å². The number of carbonyl (C=O) groups is 1. The lowest BCUT2D eigenvalue weighted by Crippen LogP contribution is -2.14. The van der Waals surface area contributed by atoms with Crippen LogP contribution in [0.1, 0.15) is 23.8 Å². The van der Waals surface area contributed by atoms with Crippen LogP contribution in [-0.4, -0.2) is 22.6 Å². The van der Waals surface area contributed by atoms with Crippen molar-refractivity contribution in [2.24, 2.45) is 0 Å². The molecule has 6 nitrogen and oxygen atoms in total. The lowest BCUT2D eigenvalue weighted by atomic mass is 10.3. The molecule has 0 saturated carbocycles. The Kier molecular flexibility index (Phi) is 3.90. The predicted octanol–water partition coefficient (Wildman–Crippen LogP) is 2.14. The smallest absolute Gasteiger partial charge is 0.274 e. The van der Waals surface area contributed by atoms with E-state index in [1.165, 1.54) is 12.5 Å². The van der Waals surface area contributed by atoms with E-state index in [1.807, 2.05) is 6.07 Å². The van der Waals surface area contributed by atoms with Crippen LogP contribution in [0.2, 0.25) is 0 Å². The lowest BCUT2D eigenvalue weighted by Gasteiger charge is -2.06. The number of nitrogens with zero attached hydrogens (tertiary/aromatic N) is 2. The quantitative estimate of drug-likeness (QED) is 0.844. The number of nitrogens with one attached hydrogen (secondary N) is 2. The van der Waals surface area contributed by atoms with Gasteiger partial charge in [0.05, 0.1) is 6.20 Å². The van der Waals surface area contributed by atoms with E-state index in [0.717, 1.165) is 13.0 Å². The molecule has 0 fully saturated rings. The Morgan fingerprint density at radius 3 is 3.06 bits per heavy atom. The van der Waals surface area contributed by atoms with E-state index in [9.17, 15) is 4.79 Å². The molecule has 0 saturated heterocycles. The minimum Gasteiger partial charge on any atom is -0.370 e. The summed E-state index contributed by atoms with van der Waals surface area (Å²) in [7, 11) is 0. The van der Waals surface area contributed by atoms with Gasteiger partial charge in [-0.05, 0) is 18.6 Å². The number of amides is 1. The maximum absolute atomic E-state index is 11.9. The van der Waals surface area contributed by atoms with Gasteiger partial charge in [0.2, 0.25) is 0 Å². The van der Waals surface area contributed by atoms with Crippen LogP contribution in [0.4, 0.5) is 11.5 Å². The Labute approximate surface area is 104 Å². The van der Waals surface area contributed by atoms with Crippen LogP contribution in [-0.2, 0) is 0 Å². The molecule has 0 aromatic carbocycles. The molecule has 6 heteroatoms. The van der Waals surface area contributed by atoms with Gasteiger partial charge >= 0.3 is 0 Å². The molecule has 2 N–H and O–H groups in total. The first-order valence-corrected chi connectivity index (χ1v) is 5.71. The number of pyridine rings is 1. The minimum absolute atomic E-state index is 0.293. The molecule has 2 aromatic rings. The van der Waals surface area contributed by atoms with E-state index in [-0.39, 0.29) is 5.91 Å². The van der Waals surface area contributed by atoms with Crippen molar-refractivity contribution >= 4 is 17.4 Å². The average Bonchev–Trinajstić information content (AvgIpc) is 2.89. The molecule has 0 aliphatic rings. The molecule has 18 heavy (non-hydrogen) atoms. The van der Waals surface area contributed by atoms with Crippen molar-refractivity contribution in [3.63, 3.8) is 0 Å². The van der Waals surface area contributed by atoms with Crippen LogP contribution in [0.25, 0.3) is 0 Å². The summed E-state index contributed by atoms with van der Waals surface area (Å²) in [5.41, 5.74) is 0.853. The number of carbonyl (C=O) groups excluding carboxylic acids is 1. The molecule has 94 valence electrons. The van der Waals surface area contributed by atoms with Crippen molar-refractivity contribution in [2.75, 3.05) is 17.2 Å². The van der Waals surface area contributed by atoms with Gasteiger partial charge < -0.3 is 15.2 Å². The molecule has 0 bridgehead atoms. The lowest BCUT2D eigenvalue weighted by molar-refractivity contribution is 0.102. The molecule has 2 aromatic heterocycles. The third kappa shape index (κ3) is 3.07. The van der Waals surface area contributed by atoms with E-state index in [2.05, 4.69) is 32.2 Å². The van der Waals surface area contributed by atoms with Gasteiger partial charge in [-0.15, -0.1) is 0 Å². The van der Waals surface area contributed by atoms with Gasteiger partial charge in [-0.3, -0.25) is 4.79 Å². The van der Waals surface area contributed by atoms with Crippen molar-refractivity contribution in [3.05, 3.63) is 36.4 Å². The largest absolute Gasteiger partial charge is 0.370 e. The van der Waals surface area contributed by atoms with E-state index < -0.39 is 0 Å². The summed E-state index contributed by atoms with van der Waals surface area (Å²) in [6.07, 6.45) is 3.78. The van der Waals surface area contributed by atoms with Crippen LogP contribution >= 0.6 is 0 Å². The molecule has 2 heterocycles. The van der Waals surface area contributed by atoms with Gasteiger partial charge in [0, 0.05) is 6.54 Å². The van der Waals surface area contributed by atoms with E-state index in [1.54, 1.807) is 12.1 Å². The van der Waals surface area contributed by atoms with Crippen LogP contribution in [0.5, 0.6) is 0 Å². The highest BCUT2D eigenvalue weighted by molar-refractivity contribution is 6.02. The fourth-order valence-electron chi connectivity index (χ4n) is 1.37. The summed E-state index contributed by atoms with van der Waals surface area (Å²) in [6.45, 7) is 2.89. The third-order valence-electron chi connectivity index (χ3n) is 2.23. The second kappa shape index (κ2) is 5.81. The summed E-state index contributed by atoms with van der Waals surface area (Å²) in [5.74, 6) is 0.396. The first kappa shape index (κ1) is 12.1. The summed E-state index contributed by atoms with van der Waals surface area (Å²) in [5, 5.41) is 9.27. The molecule has 0 radical (unpaired) electrons. The molecule has 0 atom stereocenters. The highest BCUT2D eigenvalue weighted by Gasteiger charge is 2.09. The van der Waals surface area contributed by atoms with Gasteiger partial charge in [0.25, 0.3) is 5.91 Å². The average molecular weight is 246 g/mol. The summed E-state index contributed by atoms with van der Waals surface area (Å²) in [6, 6.07) is 5.26. The molecule has 0 spiro atoms. The zero-order valence-electron chi connectivity index (χ0n) is 10.0. The molecular weight excluding hydrogens is 232 g/mol. The van der Waals surface area contributed by atoms with Crippen molar-refractivity contribution < 1.29 is 9.32 Å². The van der Waals surface area contributed by atoms with Gasteiger partial charge in [-0.25, -0.2) is 4.98 Å². The van der Waals surface area contributed by atoms with Crippen LogP contribution in [0.3, 0.4) is 0 Å². The first-order valence-electron chi connectivity index (χ1n) is 5.71. The topological polar surface area (TPSA) is 80.0 Å². The Morgan fingerprint density at radius 1 is 1.44 bits per heavy atom. The second-order valence-corrected chi connectivity index (χ2v) is 3.70. The zero-order valence-corrected chi connectivity index (χ0v) is 10.0. The molecule has 0 aliphatic heterocycles. The monoisotopic (exact) mass is 246 g/mol. The number of hydrogen-bond donors (Lipinski definition) is 2. The summed E-state index contributed by atoms with van der Waals surface area (Å²) < 4.78 is 4.63. The predicted molar refractivity (Wildman–Crippen MR) is 67.5 cm³/mol. The van der Waals surface area contributed by atoms with Crippen molar-refractivity contribution in [2.45, 2.75) is 13.3 Å². The summed E-state index contributed by atoms with van der Waals surface area (Å²) >= 11 is 0. The van der Waals surface area contributed by atoms with Crippen molar-refractivity contribution in [1.82, 2.24) is 10.1 Å². The SMILES string of the molecule is CCCNc1cccc(C(=O)Nc2cnoc2)n1. The normalized spacial score (nSPS) is 10.1. The number of anilines is 2. The molecule has 0 aliphatic carbocycles. The van der Waals surface area contributed by atoms with Gasteiger partial charge in [0.1, 0.15) is 23.5 Å². The fraction of sp³-hybridized carbons (Fsp3) is 0.250. The first-order chi connectivity index (χ1) is 8.79. The summed E-state index contributed by atoms with van der Waals surface area (Å²) in [4.78, 5) is 16.1. The van der Waals surface area contributed by atoms with E-state index in [0.29, 0.717) is 17.2 Å². The molecule has 1 amide bonds. The Bertz CT molecular complexity index is 511. The Balaban J connectivity index is 2.05. The molecular formula is C12H14N4O2. The Hall–Kier alpha value is -2.37. The fourth-order valence-corrected chi connectivity index (χ4v) is 1.37. The second-order valence-electron chi connectivity index (χ2n) is 3.70. The number of hydrogen-bond acceptors (Lipinski definition) is 5. The maximum atomic E-state index is 11.9. The van der Waals surface area contributed by atoms with Crippen molar-refractivity contribution in [3.8, 4) is 0 Å². The van der Waals surface area contributed by atoms with Crippen LogP contribution in [0.15, 0.2) is 35.2 Å². The highest BCUT2D eigenvalue weighted by atomic mass is 16.5. The standard InChI is InChI=1S/C12H14N4O2/c1-2-6-13-11-5-3-4-10(16-11)12(17)15-9-7-14-18-8-9/h3-5,7-8H,2,6H2,1H3,(H,13,16)(H,15,17). The van der Waals surface area contributed by atoms with Gasteiger partial charge in [-0.1, -0.05) is 18.1 Å². The number of rotatable bonds is 5. The minimum atomic E-state index is -0.293. The van der Waals surface area contributed by atoms with Gasteiger partial charge in [0.15, 0.2) is 0 Å². The van der Waals surface area contributed by atoms with Crippen LogP contribution < -0.4 is 10.6 Å². The van der Waals surface area contributed by atoms with Gasteiger partial charge in [-0.2, -0.15) is 0 Å².